The van der Waals surface area contributed by atoms with E-state index in [0.717, 1.165) is 22.4 Å². The van der Waals surface area contributed by atoms with Crippen molar-refractivity contribution in [3.8, 4) is 5.75 Å². The minimum atomic E-state index is -0.608. The average Bonchev–Trinajstić information content (AvgIpc) is 2.49. The van der Waals surface area contributed by atoms with E-state index in [-0.39, 0.29) is 0 Å². The fourth-order valence-corrected chi connectivity index (χ4v) is 2.25. The van der Waals surface area contributed by atoms with Crippen LogP contribution in [-0.4, -0.2) is 23.7 Å². The molecule has 4 nitrogen and oxygen atoms in total. The van der Waals surface area contributed by atoms with Crippen LogP contribution in [-0.2, 0) is 6.54 Å². The van der Waals surface area contributed by atoms with E-state index >= 15 is 0 Å². The zero-order valence-corrected chi connectivity index (χ0v) is 12.8. The Bertz CT molecular complexity index is 599. The van der Waals surface area contributed by atoms with Gasteiger partial charge in [-0.2, -0.15) is 0 Å². The Kier molecular flexibility index (Phi) is 5.31. The largest absolute Gasteiger partial charge is 0.496 e. The summed E-state index contributed by atoms with van der Waals surface area (Å²) >= 11 is 0. The van der Waals surface area contributed by atoms with Gasteiger partial charge >= 0.3 is 0 Å². The molecule has 0 fully saturated rings. The Morgan fingerprint density at radius 1 is 1.29 bits per heavy atom. The highest BCUT2D eigenvalue weighted by Gasteiger charge is 2.13. The van der Waals surface area contributed by atoms with Crippen LogP contribution in [0.25, 0.3) is 0 Å². The molecule has 1 aromatic heterocycles. The molecule has 0 bridgehead atoms. The molecule has 4 heteroatoms. The van der Waals surface area contributed by atoms with Gasteiger partial charge in [0.1, 0.15) is 5.75 Å². The number of nitrogens with one attached hydrogen (secondary N) is 1. The normalized spacial score (nSPS) is 12.2. The number of pyridine rings is 1. The van der Waals surface area contributed by atoms with Gasteiger partial charge < -0.3 is 15.2 Å². The van der Waals surface area contributed by atoms with Crippen LogP contribution in [0.2, 0.25) is 0 Å². The lowest BCUT2D eigenvalue weighted by Gasteiger charge is -2.16. The van der Waals surface area contributed by atoms with Crippen molar-refractivity contribution in [1.29, 1.82) is 0 Å². The van der Waals surface area contributed by atoms with Crippen molar-refractivity contribution in [2.75, 3.05) is 13.7 Å². The van der Waals surface area contributed by atoms with Crippen LogP contribution in [0, 0.1) is 13.8 Å². The molecule has 2 N–H and O–H groups in total. The van der Waals surface area contributed by atoms with Gasteiger partial charge in [-0.05, 0) is 37.6 Å². The summed E-state index contributed by atoms with van der Waals surface area (Å²) in [7, 11) is 1.62. The van der Waals surface area contributed by atoms with Crippen molar-refractivity contribution < 1.29 is 9.84 Å². The van der Waals surface area contributed by atoms with Crippen LogP contribution >= 0.6 is 0 Å². The Hall–Kier alpha value is -1.91. The SMILES string of the molecule is COc1ccc(C)cc1C(O)CNCc1ncccc1C. The lowest BCUT2D eigenvalue weighted by atomic mass is 10.1. The van der Waals surface area contributed by atoms with Gasteiger partial charge in [-0.3, -0.25) is 4.98 Å². The van der Waals surface area contributed by atoms with E-state index in [9.17, 15) is 5.11 Å². The number of ether oxygens (including phenoxy) is 1. The maximum atomic E-state index is 10.3. The highest BCUT2D eigenvalue weighted by molar-refractivity contribution is 5.38. The van der Waals surface area contributed by atoms with Gasteiger partial charge in [0.25, 0.3) is 0 Å². The topological polar surface area (TPSA) is 54.4 Å². The number of rotatable bonds is 6. The van der Waals surface area contributed by atoms with Gasteiger partial charge in [0, 0.05) is 24.8 Å². The Morgan fingerprint density at radius 2 is 2.10 bits per heavy atom. The van der Waals surface area contributed by atoms with E-state index in [2.05, 4.69) is 10.3 Å². The summed E-state index contributed by atoms with van der Waals surface area (Å²) in [5, 5.41) is 13.6. The molecule has 0 radical (unpaired) electrons. The quantitative estimate of drug-likeness (QED) is 0.857. The zero-order chi connectivity index (χ0) is 15.2. The second-order valence-corrected chi connectivity index (χ2v) is 5.16. The van der Waals surface area contributed by atoms with E-state index in [1.807, 2.05) is 44.2 Å². The molecule has 0 saturated carbocycles. The summed E-state index contributed by atoms with van der Waals surface area (Å²) in [6.07, 6.45) is 1.17. The highest BCUT2D eigenvalue weighted by atomic mass is 16.5. The second-order valence-electron chi connectivity index (χ2n) is 5.16. The van der Waals surface area contributed by atoms with Crippen LogP contribution < -0.4 is 10.1 Å². The van der Waals surface area contributed by atoms with Crippen LogP contribution in [0.15, 0.2) is 36.5 Å². The predicted molar refractivity (Wildman–Crippen MR) is 83.4 cm³/mol. The summed E-state index contributed by atoms with van der Waals surface area (Å²) in [6, 6.07) is 9.77. The van der Waals surface area contributed by atoms with Crippen LogP contribution in [0.4, 0.5) is 0 Å². The molecule has 0 saturated heterocycles. The molecule has 0 aliphatic rings. The van der Waals surface area contributed by atoms with Gasteiger partial charge in [0.2, 0.25) is 0 Å². The maximum absolute atomic E-state index is 10.3. The number of aliphatic hydroxyl groups is 1. The number of benzene rings is 1. The zero-order valence-electron chi connectivity index (χ0n) is 12.8. The van der Waals surface area contributed by atoms with Crippen LogP contribution in [0.5, 0.6) is 5.75 Å². The number of aliphatic hydroxyl groups excluding tert-OH is 1. The van der Waals surface area contributed by atoms with Crippen molar-refractivity contribution in [2.45, 2.75) is 26.5 Å². The van der Waals surface area contributed by atoms with E-state index in [1.165, 1.54) is 0 Å². The molecule has 21 heavy (non-hydrogen) atoms. The summed E-state index contributed by atoms with van der Waals surface area (Å²) in [6.45, 7) is 5.12. The highest BCUT2D eigenvalue weighted by Crippen LogP contribution is 2.25. The molecule has 0 spiro atoms. The van der Waals surface area contributed by atoms with E-state index < -0.39 is 6.10 Å². The van der Waals surface area contributed by atoms with Gasteiger partial charge in [-0.15, -0.1) is 0 Å². The van der Waals surface area contributed by atoms with Crippen molar-refractivity contribution in [3.05, 3.63) is 58.9 Å². The first-order valence-electron chi connectivity index (χ1n) is 7.05. The van der Waals surface area contributed by atoms with Crippen molar-refractivity contribution in [2.24, 2.45) is 0 Å². The van der Waals surface area contributed by atoms with E-state index in [1.54, 1.807) is 13.3 Å². The lowest BCUT2D eigenvalue weighted by Crippen LogP contribution is -2.22. The second kappa shape index (κ2) is 7.20. The van der Waals surface area contributed by atoms with Crippen LogP contribution in [0.1, 0.15) is 28.5 Å². The van der Waals surface area contributed by atoms with Gasteiger partial charge in [-0.25, -0.2) is 0 Å². The van der Waals surface area contributed by atoms with Crippen molar-refractivity contribution >= 4 is 0 Å². The molecule has 1 heterocycles. The standard InChI is InChI=1S/C17H22N2O2/c1-12-6-7-17(21-3)14(9-12)16(20)11-18-10-15-13(2)5-4-8-19-15/h4-9,16,18,20H,10-11H2,1-3H3. The van der Waals surface area contributed by atoms with Crippen LogP contribution in [0.3, 0.4) is 0 Å². The maximum Gasteiger partial charge on any atom is 0.124 e. The first-order valence-corrected chi connectivity index (χ1v) is 7.05. The molecule has 1 unspecified atom stereocenters. The Labute approximate surface area is 125 Å². The number of methoxy groups -OCH3 is 1. The summed E-state index contributed by atoms with van der Waals surface area (Å²) in [4.78, 5) is 4.33. The Morgan fingerprint density at radius 3 is 2.81 bits per heavy atom. The molecule has 2 rings (SSSR count). The average molecular weight is 286 g/mol. The fourth-order valence-electron chi connectivity index (χ4n) is 2.25. The monoisotopic (exact) mass is 286 g/mol. The molecule has 1 aromatic carbocycles. The number of hydrogen-bond acceptors (Lipinski definition) is 4. The van der Waals surface area contributed by atoms with Gasteiger partial charge in [0.05, 0.1) is 18.9 Å². The number of aryl methyl sites for hydroxylation is 2. The summed E-state index contributed by atoms with van der Waals surface area (Å²) in [5.41, 5.74) is 4.06. The third kappa shape index (κ3) is 4.03. The number of aromatic nitrogens is 1. The van der Waals surface area contributed by atoms with E-state index in [4.69, 9.17) is 4.74 Å². The molecular formula is C17H22N2O2. The predicted octanol–water partition coefficient (Wildman–Crippen LogP) is 2.53. The molecule has 0 aliphatic heterocycles. The van der Waals surface area contributed by atoms with Gasteiger partial charge in [-0.1, -0.05) is 17.7 Å². The van der Waals surface area contributed by atoms with Crippen molar-refractivity contribution in [1.82, 2.24) is 10.3 Å². The molecule has 2 aromatic rings. The minimum absolute atomic E-state index is 0.454. The molecule has 0 amide bonds. The summed E-state index contributed by atoms with van der Waals surface area (Å²) < 4.78 is 5.31. The van der Waals surface area contributed by atoms with Crippen molar-refractivity contribution in [3.63, 3.8) is 0 Å². The molecule has 112 valence electrons. The first-order chi connectivity index (χ1) is 10.1. The summed E-state index contributed by atoms with van der Waals surface area (Å²) in [5.74, 6) is 0.712. The molecule has 1 atom stereocenters. The third-order valence-corrected chi connectivity index (χ3v) is 3.49. The number of nitrogens with zero attached hydrogens (tertiary/aromatic N) is 1. The fraction of sp³-hybridized carbons (Fsp3) is 0.353. The third-order valence-electron chi connectivity index (χ3n) is 3.49. The molecule has 0 aliphatic carbocycles. The lowest BCUT2D eigenvalue weighted by molar-refractivity contribution is 0.170. The Balaban J connectivity index is 1.97. The smallest absolute Gasteiger partial charge is 0.124 e. The van der Waals surface area contributed by atoms with E-state index in [0.29, 0.717) is 18.8 Å². The molecular weight excluding hydrogens is 264 g/mol. The minimum Gasteiger partial charge on any atom is -0.496 e. The van der Waals surface area contributed by atoms with Gasteiger partial charge in [0.15, 0.2) is 0 Å². The first kappa shape index (κ1) is 15.5. The number of hydrogen-bond donors (Lipinski definition) is 2.